The number of benzene rings is 2. The van der Waals surface area contributed by atoms with Crippen molar-refractivity contribution >= 4 is 29.3 Å². The summed E-state index contributed by atoms with van der Waals surface area (Å²) >= 11 is 12.5. The van der Waals surface area contributed by atoms with Crippen LogP contribution >= 0.6 is 23.2 Å². The molecule has 0 bridgehead atoms. The third-order valence-corrected chi connectivity index (χ3v) is 7.04. The van der Waals surface area contributed by atoms with Crippen LogP contribution in [0.4, 0.5) is 0 Å². The predicted octanol–water partition coefficient (Wildman–Crippen LogP) is 8.22. The molecule has 3 rings (SSSR count). The Morgan fingerprint density at radius 2 is 1.90 bits per heavy atom. The minimum atomic E-state index is 0.247. The van der Waals surface area contributed by atoms with E-state index >= 15 is 0 Å². The lowest BCUT2D eigenvalue weighted by molar-refractivity contribution is 0.290. The Morgan fingerprint density at radius 1 is 1.07 bits per heavy atom. The fourth-order valence-corrected chi connectivity index (χ4v) is 4.75. The Morgan fingerprint density at radius 3 is 2.62 bits per heavy atom. The number of allylic oxidation sites excluding steroid dienone is 1. The van der Waals surface area contributed by atoms with Crippen LogP contribution in [-0.2, 0) is 0 Å². The summed E-state index contributed by atoms with van der Waals surface area (Å²) in [6.07, 6.45) is 10.9. The van der Waals surface area contributed by atoms with E-state index in [1.807, 2.05) is 12.1 Å². The lowest BCUT2D eigenvalue weighted by Gasteiger charge is -2.33. The molecule has 0 spiro atoms. The fraction of sp³-hybridized carbons (Fsp3) is 0.462. The van der Waals surface area contributed by atoms with Gasteiger partial charge >= 0.3 is 0 Å². The summed E-state index contributed by atoms with van der Waals surface area (Å²) in [6, 6.07) is 13.0. The highest BCUT2D eigenvalue weighted by atomic mass is 35.5. The average molecular weight is 431 g/mol. The van der Waals surface area contributed by atoms with Gasteiger partial charge in [-0.3, -0.25) is 0 Å². The van der Waals surface area contributed by atoms with E-state index in [1.54, 1.807) is 0 Å². The van der Waals surface area contributed by atoms with Crippen LogP contribution in [0.25, 0.3) is 6.08 Å². The molecule has 0 radical (unpaired) electrons. The normalized spacial score (nSPS) is 20.0. The van der Waals surface area contributed by atoms with Gasteiger partial charge < -0.3 is 5.11 Å². The zero-order chi connectivity index (χ0) is 20.8. The standard InChI is InChI=1S/C26H32Cl2O/c1-3-18(2)15-20-9-12-22(21-10-13-25(27)26(28)17-21)23-11-8-19(16-24(20)23)7-5-4-6-14-29/h5,7-8,10-11,13,16-18,20,22,29H,3-4,6,9,12,14-15H2,1-2H3/b7-5+. The number of aliphatic hydroxyl groups excluding tert-OH is 1. The zero-order valence-corrected chi connectivity index (χ0v) is 19.0. The summed E-state index contributed by atoms with van der Waals surface area (Å²) in [5, 5.41) is 10.2. The molecule has 0 aliphatic heterocycles. The quantitative estimate of drug-likeness (QED) is 0.418. The lowest BCUT2D eigenvalue weighted by atomic mass is 9.71. The number of rotatable bonds is 8. The van der Waals surface area contributed by atoms with E-state index in [0.717, 1.165) is 25.2 Å². The molecule has 0 aromatic heterocycles. The molecule has 2 aromatic rings. The van der Waals surface area contributed by atoms with E-state index < -0.39 is 0 Å². The minimum absolute atomic E-state index is 0.247. The first-order chi connectivity index (χ1) is 14.0. The lowest BCUT2D eigenvalue weighted by Crippen LogP contribution is -2.17. The second kappa shape index (κ2) is 10.7. The summed E-state index contributed by atoms with van der Waals surface area (Å²) < 4.78 is 0. The molecule has 1 nitrogen and oxygen atoms in total. The maximum atomic E-state index is 8.99. The molecule has 0 heterocycles. The third-order valence-electron chi connectivity index (χ3n) is 6.30. The van der Waals surface area contributed by atoms with Crippen LogP contribution in [0.15, 0.2) is 42.5 Å². The van der Waals surface area contributed by atoms with Crippen molar-refractivity contribution in [1.82, 2.24) is 0 Å². The molecule has 156 valence electrons. The van der Waals surface area contributed by atoms with Crippen molar-refractivity contribution < 1.29 is 5.11 Å². The first-order valence-electron chi connectivity index (χ1n) is 10.9. The number of aliphatic hydroxyl groups is 1. The van der Waals surface area contributed by atoms with E-state index in [2.05, 4.69) is 50.3 Å². The van der Waals surface area contributed by atoms with Crippen LogP contribution in [-0.4, -0.2) is 11.7 Å². The van der Waals surface area contributed by atoms with Gasteiger partial charge in [-0.1, -0.05) is 79.9 Å². The molecule has 0 saturated carbocycles. The van der Waals surface area contributed by atoms with E-state index in [4.69, 9.17) is 28.3 Å². The summed E-state index contributed by atoms with van der Waals surface area (Å²) in [7, 11) is 0. The Balaban J connectivity index is 1.95. The minimum Gasteiger partial charge on any atom is -0.396 e. The van der Waals surface area contributed by atoms with E-state index in [-0.39, 0.29) is 6.61 Å². The Bertz CT molecular complexity index is 843. The molecule has 2 aromatic carbocycles. The van der Waals surface area contributed by atoms with Gasteiger partial charge in [0.05, 0.1) is 10.0 Å². The second-order valence-electron chi connectivity index (χ2n) is 8.41. The molecule has 0 amide bonds. The van der Waals surface area contributed by atoms with Crippen molar-refractivity contribution in [2.24, 2.45) is 5.92 Å². The van der Waals surface area contributed by atoms with Gasteiger partial charge in [0, 0.05) is 12.5 Å². The van der Waals surface area contributed by atoms with Crippen molar-refractivity contribution in [1.29, 1.82) is 0 Å². The highest BCUT2D eigenvalue weighted by molar-refractivity contribution is 6.42. The predicted molar refractivity (Wildman–Crippen MR) is 126 cm³/mol. The molecular formula is C26H32Cl2O. The van der Waals surface area contributed by atoms with Crippen LogP contribution in [0.1, 0.15) is 86.5 Å². The highest BCUT2D eigenvalue weighted by Gasteiger charge is 2.29. The summed E-state index contributed by atoms with van der Waals surface area (Å²) in [5.41, 5.74) is 5.45. The SMILES string of the molecule is CCC(C)CC1CCC(c2ccc(Cl)c(Cl)c2)c2ccc(/C=C/CCCO)cc21. The van der Waals surface area contributed by atoms with Gasteiger partial charge in [-0.2, -0.15) is 0 Å². The van der Waals surface area contributed by atoms with Gasteiger partial charge in [-0.05, 0) is 78.3 Å². The number of unbranched alkanes of at least 4 members (excludes halogenated alkanes) is 1. The molecule has 0 fully saturated rings. The molecule has 1 aliphatic carbocycles. The van der Waals surface area contributed by atoms with E-state index in [9.17, 15) is 0 Å². The van der Waals surface area contributed by atoms with Gasteiger partial charge in [0.25, 0.3) is 0 Å². The smallest absolute Gasteiger partial charge is 0.0595 e. The van der Waals surface area contributed by atoms with Gasteiger partial charge in [0.2, 0.25) is 0 Å². The highest BCUT2D eigenvalue weighted by Crippen LogP contribution is 2.46. The molecule has 3 atom stereocenters. The Labute approximate surface area is 185 Å². The van der Waals surface area contributed by atoms with Gasteiger partial charge in [0.1, 0.15) is 0 Å². The molecule has 29 heavy (non-hydrogen) atoms. The number of hydrogen-bond acceptors (Lipinski definition) is 1. The van der Waals surface area contributed by atoms with Crippen LogP contribution in [0, 0.1) is 5.92 Å². The maximum absolute atomic E-state index is 8.99. The summed E-state index contributed by atoms with van der Waals surface area (Å²) in [4.78, 5) is 0. The van der Waals surface area contributed by atoms with Crippen molar-refractivity contribution in [2.75, 3.05) is 6.61 Å². The summed E-state index contributed by atoms with van der Waals surface area (Å²) in [6.45, 7) is 4.90. The van der Waals surface area contributed by atoms with Crippen molar-refractivity contribution in [3.8, 4) is 0 Å². The molecule has 3 unspecified atom stereocenters. The molecule has 3 heteroatoms. The fourth-order valence-electron chi connectivity index (χ4n) is 4.45. The molecule has 0 saturated heterocycles. The molecular weight excluding hydrogens is 399 g/mol. The van der Waals surface area contributed by atoms with E-state index in [1.165, 1.54) is 41.5 Å². The maximum Gasteiger partial charge on any atom is 0.0595 e. The van der Waals surface area contributed by atoms with Gasteiger partial charge in [0.15, 0.2) is 0 Å². The number of halogens is 2. The summed E-state index contributed by atoms with van der Waals surface area (Å²) in [5.74, 6) is 1.73. The van der Waals surface area contributed by atoms with Crippen LogP contribution in [0.2, 0.25) is 10.0 Å². The van der Waals surface area contributed by atoms with Crippen LogP contribution < -0.4 is 0 Å². The van der Waals surface area contributed by atoms with Crippen molar-refractivity contribution in [3.63, 3.8) is 0 Å². The van der Waals surface area contributed by atoms with Gasteiger partial charge in [-0.15, -0.1) is 0 Å². The first kappa shape index (κ1) is 22.4. The third kappa shape index (κ3) is 5.66. The van der Waals surface area contributed by atoms with Crippen LogP contribution in [0.5, 0.6) is 0 Å². The average Bonchev–Trinajstić information content (AvgIpc) is 2.73. The number of hydrogen-bond donors (Lipinski definition) is 1. The zero-order valence-electron chi connectivity index (χ0n) is 17.5. The second-order valence-corrected chi connectivity index (χ2v) is 9.22. The monoisotopic (exact) mass is 430 g/mol. The first-order valence-corrected chi connectivity index (χ1v) is 11.6. The van der Waals surface area contributed by atoms with Crippen molar-refractivity contribution in [3.05, 3.63) is 74.8 Å². The van der Waals surface area contributed by atoms with E-state index in [0.29, 0.717) is 21.9 Å². The molecule has 1 N–H and O–H groups in total. The molecule has 1 aliphatic rings. The number of fused-ring (bicyclic) bond motifs is 1. The topological polar surface area (TPSA) is 20.2 Å². The Kier molecular flexibility index (Phi) is 8.24. The largest absolute Gasteiger partial charge is 0.396 e. The van der Waals surface area contributed by atoms with Gasteiger partial charge in [-0.25, -0.2) is 0 Å². The van der Waals surface area contributed by atoms with Crippen LogP contribution in [0.3, 0.4) is 0 Å². The van der Waals surface area contributed by atoms with Crippen molar-refractivity contribution in [2.45, 2.75) is 64.2 Å². The Hall–Kier alpha value is -1.28.